The van der Waals surface area contributed by atoms with Gasteiger partial charge in [0.25, 0.3) is 0 Å². The molecule has 0 spiro atoms. The van der Waals surface area contributed by atoms with Gasteiger partial charge in [0, 0.05) is 24.1 Å². The van der Waals surface area contributed by atoms with Crippen LogP contribution in [0.2, 0.25) is 0 Å². The van der Waals surface area contributed by atoms with E-state index in [2.05, 4.69) is 59.4 Å². The summed E-state index contributed by atoms with van der Waals surface area (Å²) in [6.45, 7) is 2.81. The maximum atomic E-state index is 11.5. The van der Waals surface area contributed by atoms with E-state index in [1.807, 2.05) is 11.8 Å². The van der Waals surface area contributed by atoms with Crippen LogP contribution in [0.4, 0.5) is 9.93 Å². The number of hydrogen-bond donors (Lipinski definition) is 3. The van der Waals surface area contributed by atoms with Crippen molar-refractivity contribution in [2.75, 3.05) is 37.5 Å². The summed E-state index contributed by atoms with van der Waals surface area (Å²) in [5.41, 5.74) is 0. The lowest BCUT2D eigenvalue weighted by molar-refractivity contribution is 0.252. The van der Waals surface area contributed by atoms with E-state index in [-0.39, 0.29) is 6.03 Å². The van der Waals surface area contributed by atoms with Crippen LogP contribution in [0.5, 0.6) is 0 Å². The van der Waals surface area contributed by atoms with Crippen LogP contribution in [0.25, 0.3) is 0 Å². The number of nitrogens with zero attached hydrogens (tertiary/aromatic N) is 3. The lowest BCUT2D eigenvalue weighted by atomic mass is 10.4. The minimum absolute atomic E-state index is 0.259. The van der Waals surface area contributed by atoms with Crippen molar-refractivity contribution in [3.63, 3.8) is 0 Å². The zero-order valence-corrected chi connectivity index (χ0v) is 13.7. The Bertz CT molecular complexity index is 398. The van der Waals surface area contributed by atoms with Crippen LogP contribution in [0.15, 0.2) is 4.34 Å². The molecule has 0 radical (unpaired) electrons. The highest BCUT2D eigenvalue weighted by molar-refractivity contribution is 7.99. The minimum atomic E-state index is -0.259. The van der Waals surface area contributed by atoms with Crippen molar-refractivity contribution in [1.29, 1.82) is 0 Å². The van der Waals surface area contributed by atoms with E-state index in [1.54, 1.807) is 0 Å². The molecule has 0 aliphatic rings. The standard InChI is InChI=1S/C10H19N5OS3/c1-7(15(2)3)6-18-5-4-11-8(16)12-9-13-14-10(17)19-9/h7H,4-6H2,1-3H3,(H,14,17)(H2,11,12,13,16). The first-order valence-electron chi connectivity index (χ1n) is 5.80. The predicted octanol–water partition coefficient (Wildman–Crippen LogP) is 1.63. The summed E-state index contributed by atoms with van der Waals surface area (Å²) in [5, 5.41) is 13.3. The Labute approximate surface area is 127 Å². The van der Waals surface area contributed by atoms with Gasteiger partial charge in [-0.2, -0.15) is 11.8 Å². The maximum absolute atomic E-state index is 11.5. The van der Waals surface area contributed by atoms with E-state index < -0.39 is 0 Å². The Morgan fingerprint density at radius 3 is 2.84 bits per heavy atom. The first-order valence-corrected chi connectivity index (χ1v) is 8.22. The van der Waals surface area contributed by atoms with Gasteiger partial charge in [0.2, 0.25) is 5.13 Å². The van der Waals surface area contributed by atoms with E-state index in [4.69, 9.17) is 0 Å². The maximum Gasteiger partial charge on any atom is 0.321 e. The van der Waals surface area contributed by atoms with Crippen LogP contribution < -0.4 is 10.6 Å². The van der Waals surface area contributed by atoms with E-state index in [9.17, 15) is 4.79 Å². The number of hydrogen-bond acceptors (Lipinski definition) is 7. The molecule has 0 bridgehead atoms. The van der Waals surface area contributed by atoms with Crippen LogP contribution in [0.3, 0.4) is 0 Å². The molecule has 1 rings (SSSR count). The second-order valence-corrected chi connectivity index (χ2v) is 7.01. The monoisotopic (exact) mass is 321 g/mol. The molecular formula is C10H19N5OS3. The molecule has 0 aliphatic carbocycles. The van der Waals surface area contributed by atoms with Crippen molar-refractivity contribution < 1.29 is 4.79 Å². The number of thiol groups is 1. The zero-order chi connectivity index (χ0) is 14.3. The highest BCUT2D eigenvalue weighted by Gasteiger charge is 2.06. The van der Waals surface area contributed by atoms with Gasteiger partial charge < -0.3 is 10.2 Å². The fraction of sp³-hybridized carbons (Fsp3) is 0.700. The van der Waals surface area contributed by atoms with Crippen LogP contribution in [-0.4, -0.2) is 59.3 Å². The van der Waals surface area contributed by atoms with Crippen LogP contribution >= 0.6 is 35.7 Å². The molecule has 1 atom stereocenters. The van der Waals surface area contributed by atoms with Gasteiger partial charge in [0.15, 0.2) is 4.34 Å². The summed E-state index contributed by atoms with van der Waals surface area (Å²) in [6, 6.07) is 0.278. The Morgan fingerprint density at radius 1 is 1.53 bits per heavy atom. The number of thioether (sulfide) groups is 1. The van der Waals surface area contributed by atoms with Gasteiger partial charge in [-0.15, -0.1) is 22.8 Å². The molecular weight excluding hydrogens is 302 g/mol. The number of nitrogens with one attached hydrogen (secondary N) is 2. The molecule has 0 saturated heterocycles. The second-order valence-electron chi connectivity index (χ2n) is 4.16. The summed E-state index contributed by atoms with van der Waals surface area (Å²) in [6.07, 6.45) is 0. The third-order valence-electron chi connectivity index (χ3n) is 2.41. The van der Waals surface area contributed by atoms with Crippen LogP contribution in [0.1, 0.15) is 6.92 Å². The van der Waals surface area contributed by atoms with E-state index in [1.165, 1.54) is 11.3 Å². The second kappa shape index (κ2) is 8.62. The number of carbonyl (C=O) groups is 1. The number of rotatable bonds is 7. The molecule has 1 heterocycles. The van der Waals surface area contributed by atoms with Crippen molar-refractivity contribution in [3.8, 4) is 0 Å². The number of aromatic nitrogens is 2. The number of anilines is 1. The third-order valence-corrected chi connectivity index (χ3v) is 4.62. The molecule has 2 amide bonds. The minimum Gasteiger partial charge on any atom is -0.337 e. The van der Waals surface area contributed by atoms with Gasteiger partial charge in [-0.1, -0.05) is 11.3 Å². The largest absolute Gasteiger partial charge is 0.337 e. The molecule has 0 aliphatic heterocycles. The molecule has 1 unspecified atom stereocenters. The van der Waals surface area contributed by atoms with Crippen LogP contribution in [-0.2, 0) is 0 Å². The molecule has 19 heavy (non-hydrogen) atoms. The first kappa shape index (κ1) is 16.5. The molecule has 0 saturated carbocycles. The Morgan fingerprint density at radius 2 is 2.26 bits per heavy atom. The summed E-state index contributed by atoms with van der Waals surface area (Å²) in [7, 11) is 4.13. The van der Waals surface area contributed by atoms with Gasteiger partial charge in [-0.05, 0) is 21.0 Å². The molecule has 9 heteroatoms. The fourth-order valence-electron chi connectivity index (χ4n) is 1.05. The number of carbonyl (C=O) groups excluding carboxylic acids is 1. The summed E-state index contributed by atoms with van der Waals surface area (Å²) >= 11 is 7.07. The molecule has 0 aromatic carbocycles. The first-order chi connectivity index (χ1) is 8.99. The smallest absolute Gasteiger partial charge is 0.321 e. The van der Waals surface area contributed by atoms with Crippen molar-refractivity contribution >= 4 is 46.9 Å². The molecule has 1 aromatic rings. The average Bonchev–Trinajstić information content (AvgIpc) is 2.73. The van der Waals surface area contributed by atoms with Crippen molar-refractivity contribution in [2.24, 2.45) is 0 Å². The van der Waals surface area contributed by atoms with E-state index in [0.29, 0.717) is 22.1 Å². The number of amides is 2. The quantitative estimate of drug-likeness (QED) is 0.404. The van der Waals surface area contributed by atoms with Crippen molar-refractivity contribution in [1.82, 2.24) is 20.4 Å². The topological polar surface area (TPSA) is 70.1 Å². The fourth-order valence-corrected chi connectivity index (χ4v) is 2.88. The van der Waals surface area contributed by atoms with Gasteiger partial charge >= 0.3 is 6.03 Å². The SMILES string of the molecule is CC(CSCCNC(=O)Nc1nnc(S)s1)N(C)C. The Kier molecular flexibility index (Phi) is 7.51. The van der Waals surface area contributed by atoms with Crippen LogP contribution in [0, 0.1) is 0 Å². The molecule has 108 valence electrons. The van der Waals surface area contributed by atoms with E-state index >= 15 is 0 Å². The molecule has 6 nitrogen and oxygen atoms in total. The molecule has 1 aromatic heterocycles. The average molecular weight is 321 g/mol. The van der Waals surface area contributed by atoms with Crippen molar-refractivity contribution in [3.05, 3.63) is 0 Å². The Hall–Kier alpha value is -0.510. The predicted molar refractivity (Wildman–Crippen MR) is 84.7 cm³/mol. The van der Waals surface area contributed by atoms with Gasteiger partial charge in [-0.3, -0.25) is 5.32 Å². The summed E-state index contributed by atoms with van der Waals surface area (Å²) in [4.78, 5) is 13.7. The van der Waals surface area contributed by atoms with E-state index in [0.717, 1.165) is 11.5 Å². The highest BCUT2D eigenvalue weighted by atomic mass is 32.2. The lowest BCUT2D eigenvalue weighted by Gasteiger charge is -2.18. The number of urea groups is 1. The van der Waals surface area contributed by atoms with Crippen molar-refractivity contribution in [2.45, 2.75) is 17.3 Å². The molecule has 0 fully saturated rings. The van der Waals surface area contributed by atoms with Gasteiger partial charge in [-0.25, -0.2) is 4.79 Å². The van der Waals surface area contributed by atoms with Gasteiger partial charge in [0.1, 0.15) is 0 Å². The summed E-state index contributed by atoms with van der Waals surface area (Å²) in [5.74, 6) is 1.94. The van der Waals surface area contributed by atoms with Gasteiger partial charge in [0.05, 0.1) is 0 Å². The highest BCUT2D eigenvalue weighted by Crippen LogP contribution is 2.17. The lowest BCUT2D eigenvalue weighted by Crippen LogP contribution is -2.31. The third kappa shape index (κ3) is 7.00. The summed E-state index contributed by atoms with van der Waals surface area (Å²) < 4.78 is 0.531. The molecule has 2 N–H and O–H groups in total. The Balaban J connectivity index is 2.08. The normalized spacial score (nSPS) is 12.5. The zero-order valence-electron chi connectivity index (χ0n) is 11.2.